The molecule has 8 nitrogen and oxygen atoms in total. The number of carbonyl (C=O) groups excluding carboxylic acids is 1. The smallest absolute Gasteiger partial charge is 0.358 e. The third-order valence-electron chi connectivity index (χ3n) is 3.78. The fraction of sp³-hybridized carbons (Fsp3) is 0.692. The molecule has 1 aliphatic carbocycles. The number of hydrogen-bond acceptors (Lipinski definition) is 5. The number of nitrogens with zero attached hydrogens (tertiary/aromatic N) is 3. The van der Waals surface area contributed by atoms with Gasteiger partial charge in [0.15, 0.2) is 5.69 Å². The van der Waals surface area contributed by atoms with Gasteiger partial charge in [-0.1, -0.05) is 5.21 Å². The molecule has 1 aromatic heterocycles. The Morgan fingerprint density at radius 1 is 1.38 bits per heavy atom. The van der Waals surface area contributed by atoms with Crippen molar-refractivity contribution in [2.75, 3.05) is 13.2 Å². The fourth-order valence-electron chi connectivity index (χ4n) is 2.58. The molecule has 3 rings (SSSR count). The number of aromatic nitrogens is 3. The highest BCUT2D eigenvalue weighted by Crippen LogP contribution is 2.41. The highest BCUT2D eigenvalue weighted by molar-refractivity contribution is 5.87. The summed E-state index contributed by atoms with van der Waals surface area (Å²) in [6, 6.07) is 0. The molecule has 1 saturated heterocycles. The van der Waals surface area contributed by atoms with Gasteiger partial charge in [0.05, 0.1) is 11.8 Å². The number of rotatable bonds is 6. The molecule has 2 aliphatic rings. The third-order valence-corrected chi connectivity index (χ3v) is 3.78. The molecule has 1 aliphatic heterocycles. The van der Waals surface area contributed by atoms with Crippen LogP contribution in [0.15, 0.2) is 0 Å². The van der Waals surface area contributed by atoms with Crippen LogP contribution in [0.3, 0.4) is 0 Å². The Hall–Kier alpha value is -1.96. The van der Waals surface area contributed by atoms with Crippen LogP contribution in [0.25, 0.3) is 0 Å². The molecule has 1 unspecified atom stereocenters. The number of carbonyl (C=O) groups is 2. The fourth-order valence-corrected chi connectivity index (χ4v) is 2.58. The summed E-state index contributed by atoms with van der Waals surface area (Å²) in [5.74, 6) is -1.13. The molecule has 2 fully saturated rings. The van der Waals surface area contributed by atoms with Crippen LogP contribution >= 0.6 is 0 Å². The van der Waals surface area contributed by atoms with Crippen LogP contribution < -0.4 is 5.32 Å². The molecule has 0 spiro atoms. The van der Waals surface area contributed by atoms with E-state index in [9.17, 15) is 9.59 Å². The average Bonchev–Trinajstić information content (AvgIpc) is 3.00. The molecule has 0 bridgehead atoms. The van der Waals surface area contributed by atoms with Gasteiger partial charge in [-0.05, 0) is 25.7 Å². The highest BCUT2D eigenvalue weighted by Gasteiger charge is 2.34. The molecular formula is C13H18N4O4. The zero-order chi connectivity index (χ0) is 14.8. The summed E-state index contributed by atoms with van der Waals surface area (Å²) >= 11 is 0. The highest BCUT2D eigenvalue weighted by atomic mass is 16.5. The van der Waals surface area contributed by atoms with Crippen molar-refractivity contribution in [3.8, 4) is 0 Å². The summed E-state index contributed by atoms with van der Waals surface area (Å²) in [5, 5.41) is 19.4. The van der Waals surface area contributed by atoms with Crippen LogP contribution in [0.5, 0.6) is 0 Å². The van der Waals surface area contributed by atoms with E-state index in [1.54, 1.807) is 0 Å². The quantitative estimate of drug-likeness (QED) is 0.773. The average molecular weight is 294 g/mol. The summed E-state index contributed by atoms with van der Waals surface area (Å²) in [6.45, 7) is 1.23. The maximum absolute atomic E-state index is 11.9. The van der Waals surface area contributed by atoms with Crippen molar-refractivity contribution in [2.45, 2.75) is 44.2 Å². The van der Waals surface area contributed by atoms with Crippen molar-refractivity contribution >= 4 is 11.9 Å². The van der Waals surface area contributed by atoms with Gasteiger partial charge in [-0.15, -0.1) is 5.10 Å². The van der Waals surface area contributed by atoms with Crippen LogP contribution in [-0.4, -0.2) is 51.2 Å². The van der Waals surface area contributed by atoms with Gasteiger partial charge in [0.25, 0.3) is 0 Å². The summed E-state index contributed by atoms with van der Waals surface area (Å²) in [5.41, 5.74) is 0.527. The summed E-state index contributed by atoms with van der Waals surface area (Å²) in [7, 11) is 0. The summed E-state index contributed by atoms with van der Waals surface area (Å²) in [4.78, 5) is 23.1. The minimum atomic E-state index is -1.09. The molecule has 21 heavy (non-hydrogen) atoms. The first-order valence-corrected chi connectivity index (χ1v) is 7.20. The Labute approximate surface area is 121 Å². The predicted octanol–water partition coefficient (Wildman–Crippen LogP) is 0.149. The first-order chi connectivity index (χ1) is 10.1. The maximum atomic E-state index is 11.9. The zero-order valence-corrected chi connectivity index (χ0v) is 11.6. The van der Waals surface area contributed by atoms with Crippen LogP contribution in [0, 0.1) is 0 Å². The van der Waals surface area contributed by atoms with E-state index >= 15 is 0 Å². The van der Waals surface area contributed by atoms with Crippen LogP contribution in [0.2, 0.25) is 0 Å². The molecule has 2 heterocycles. The number of carboxylic acids is 1. The molecule has 0 aromatic carbocycles. The number of hydrogen-bond donors (Lipinski definition) is 2. The van der Waals surface area contributed by atoms with Gasteiger partial charge in [-0.25, -0.2) is 9.48 Å². The van der Waals surface area contributed by atoms with Gasteiger partial charge < -0.3 is 15.2 Å². The minimum Gasteiger partial charge on any atom is -0.476 e. The van der Waals surface area contributed by atoms with Crippen molar-refractivity contribution < 1.29 is 19.4 Å². The van der Waals surface area contributed by atoms with Crippen molar-refractivity contribution in [3.63, 3.8) is 0 Å². The van der Waals surface area contributed by atoms with E-state index in [-0.39, 0.29) is 30.2 Å². The van der Waals surface area contributed by atoms with E-state index in [4.69, 9.17) is 9.84 Å². The molecule has 8 heteroatoms. The second-order valence-electron chi connectivity index (χ2n) is 5.50. The largest absolute Gasteiger partial charge is 0.476 e. The minimum absolute atomic E-state index is 0.00116. The lowest BCUT2D eigenvalue weighted by Gasteiger charge is -2.11. The zero-order valence-electron chi connectivity index (χ0n) is 11.6. The normalized spacial score (nSPS) is 21.4. The predicted molar refractivity (Wildman–Crippen MR) is 70.9 cm³/mol. The Balaban J connectivity index is 1.61. The third kappa shape index (κ3) is 3.21. The Kier molecular flexibility index (Phi) is 3.87. The number of carboxylic acid groups (broad SMARTS) is 1. The molecule has 1 aromatic rings. The van der Waals surface area contributed by atoms with E-state index in [0.29, 0.717) is 12.2 Å². The van der Waals surface area contributed by atoms with Gasteiger partial charge in [0, 0.05) is 19.1 Å². The van der Waals surface area contributed by atoms with Crippen molar-refractivity contribution in [1.29, 1.82) is 0 Å². The van der Waals surface area contributed by atoms with Gasteiger partial charge in [0.2, 0.25) is 5.91 Å². The van der Waals surface area contributed by atoms with Crippen molar-refractivity contribution in [2.24, 2.45) is 0 Å². The van der Waals surface area contributed by atoms with E-state index in [2.05, 4.69) is 15.6 Å². The lowest BCUT2D eigenvalue weighted by Crippen LogP contribution is -2.34. The Bertz CT molecular complexity index is 546. The maximum Gasteiger partial charge on any atom is 0.358 e. The lowest BCUT2D eigenvalue weighted by atomic mass is 10.2. The number of ether oxygens (including phenoxy) is 1. The SMILES string of the molecule is O=C(Cn1nnc(C(=O)O)c1C1CC1)NCC1CCCO1. The number of amides is 1. The summed E-state index contributed by atoms with van der Waals surface area (Å²) < 4.78 is 6.84. The van der Waals surface area contributed by atoms with Crippen LogP contribution in [0.4, 0.5) is 0 Å². The van der Waals surface area contributed by atoms with Gasteiger partial charge in [0.1, 0.15) is 6.54 Å². The molecule has 1 atom stereocenters. The van der Waals surface area contributed by atoms with E-state index in [0.717, 1.165) is 32.3 Å². The monoisotopic (exact) mass is 294 g/mol. The van der Waals surface area contributed by atoms with Crippen molar-refractivity contribution in [3.05, 3.63) is 11.4 Å². The first-order valence-electron chi connectivity index (χ1n) is 7.20. The van der Waals surface area contributed by atoms with Gasteiger partial charge in [-0.2, -0.15) is 0 Å². The number of aromatic carboxylic acids is 1. The van der Waals surface area contributed by atoms with E-state index in [1.165, 1.54) is 4.68 Å². The summed E-state index contributed by atoms with van der Waals surface area (Å²) in [6.07, 6.45) is 3.91. The molecule has 0 radical (unpaired) electrons. The molecular weight excluding hydrogens is 276 g/mol. The molecule has 1 amide bonds. The first kappa shape index (κ1) is 14.0. The van der Waals surface area contributed by atoms with Crippen molar-refractivity contribution in [1.82, 2.24) is 20.3 Å². The topological polar surface area (TPSA) is 106 Å². The molecule has 2 N–H and O–H groups in total. The Morgan fingerprint density at radius 3 is 2.81 bits per heavy atom. The molecule has 114 valence electrons. The second-order valence-corrected chi connectivity index (χ2v) is 5.50. The van der Waals surface area contributed by atoms with Gasteiger partial charge >= 0.3 is 5.97 Å². The Morgan fingerprint density at radius 2 is 2.19 bits per heavy atom. The second kappa shape index (κ2) is 5.80. The molecule has 1 saturated carbocycles. The van der Waals surface area contributed by atoms with Crippen LogP contribution in [0.1, 0.15) is 47.8 Å². The standard InChI is InChI=1S/C13H18N4O4/c18-10(14-6-9-2-1-5-21-9)7-17-12(8-3-4-8)11(13(19)20)15-16-17/h8-9H,1-7H2,(H,14,18)(H,19,20). The van der Waals surface area contributed by atoms with E-state index in [1.807, 2.05) is 0 Å². The van der Waals surface area contributed by atoms with E-state index < -0.39 is 5.97 Å². The van der Waals surface area contributed by atoms with Crippen LogP contribution in [-0.2, 0) is 16.1 Å². The lowest BCUT2D eigenvalue weighted by molar-refractivity contribution is -0.122. The number of nitrogens with one attached hydrogen (secondary N) is 1. The van der Waals surface area contributed by atoms with Gasteiger partial charge in [-0.3, -0.25) is 4.79 Å².